The van der Waals surface area contributed by atoms with Crippen LogP contribution in [0.2, 0.25) is 0 Å². The maximum atomic E-state index is 5.64. The summed E-state index contributed by atoms with van der Waals surface area (Å²) in [5.41, 5.74) is 0. The highest BCUT2D eigenvalue weighted by Crippen LogP contribution is 1.97. The van der Waals surface area contributed by atoms with Crippen molar-refractivity contribution in [2.24, 2.45) is 0 Å². The molecule has 10 heavy (non-hydrogen) atoms. The average molecular weight is 179 g/mol. The molecule has 0 bridgehead atoms. The Kier molecular flexibility index (Phi) is 7.35. The molecular formula is C8H12Cl2. The normalized spacial score (nSPS) is 11.9. The second-order valence-corrected chi connectivity index (χ2v) is 2.88. The Morgan fingerprint density at radius 3 is 2.70 bits per heavy atom. The topological polar surface area (TPSA) is 0 Å². The van der Waals surface area contributed by atoms with Crippen LogP contribution in [0.3, 0.4) is 0 Å². The van der Waals surface area contributed by atoms with Gasteiger partial charge in [-0.2, -0.15) is 0 Å². The molecule has 0 heterocycles. The second-order valence-electron chi connectivity index (χ2n) is 2.05. The molecule has 0 spiro atoms. The van der Waals surface area contributed by atoms with E-state index in [4.69, 9.17) is 23.2 Å². The average Bonchev–Trinajstić information content (AvgIpc) is 1.98. The summed E-state index contributed by atoms with van der Waals surface area (Å²) in [5.74, 6) is 6.24. The molecule has 0 N–H and O–H groups in total. The third-order valence-electron chi connectivity index (χ3n) is 1.05. The van der Waals surface area contributed by atoms with Gasteiger partial charge in [-0.3, -0.25) is 0 Å². The maximum absolute atomic E-state index is 5.64. The predicted molar refractivity (Wildman–Crippen MR) is 47.7 cm³/mol. The Labute approximate surface area is 72.9 Å². The summed E-state index contributed by atoms with van der Waals surface area (Å²) < 4.78 is 0. The van der Waals surface area contributed by atoms with Crippen LogP contribution in [0, 0.1) is 11.8 Å². The first-order valence-corrected chi connectivity index (χ1v) is 4.46. The molecular weight excluding hydrogens is 167 g/mol. The summed E-state index contributed by atoms with van der Waals surface area (Å²) in [7, 11) is 0. The highest BCUT2D eigenvalue weighted by atomic mass is 35.5. The summed E-state index contributed by atoms with van der Waals surface area (Å²) in [6.07, 6.45) is 3.28. The molecule has 0 rings (SSSR count). The van der Waals surface area contributed by atoms with Crippen LogP contribution in [-0.4, -0.2) is 11.3 Å². The van der Waals surface area contributed by atoms with Crippen molar-refractivity contribution in [3.63, 3.8) is 0 Å². The molecule has 0 aromatic carbocycles. The van der Waals surface area contributed by atoms with E-state index >= 15 is 0 Å². The van der Waals surface area contributed by atoms with Crippen LogP contribution in [-0.2, 0) is 0 Å². The molecule has 0 radical (unpaired) electrons. The first-order chi connectivity index (χ1) is 4.81. The van der Waals surface area contributed by atoms with Gasteiger partial charge in [-0.25, -0.2) is 0 Å². The van der Waals surface area contributed by atoms with Crippen molar-refractivity contribution in [2.75, 3.05) is 5.88 Å². The van der Waals surface area contributed by atoms with Gasteiger partial charge in [0, 0.05) is 12.3 Å². The number of halogens is 2. The fourth-order valence-electron chi connectivity index (χ4n) is 0.487. The van der Waals surface area contributed by atoms with Crippen LogP contribution in [0.1, 0.15) is 26.2 Å². The molecule has 0 aliphatic rings. The molecule has 0 aliphatic carbocycles. The van der Waals surface area contributed by atoms with Crippen molar-refractivity contribution in [3.8, 4) is 11.8 Å². The third-order valence-corrected chi connectivity index (χ3v) is 1.78. The minimum Gasteiger partial charge on any atom is -0.124 e. The zero-order valence-corrected chi connectivity index (χ0v) is 7.67. The molecule has 0 aromatic rings. The maximum Gasteiger partial charge on any atom is 0.108 e. The van der Waals surface area contributed by atoms with E-state index in [2.05, 4.69) is 18.8 Å². The van der Waals surface area contributed by atoms with E-state index in [1.54, 1.807) is 0 Å². The van der Waals surface area contributed by atoms with Crippen molar-refractivity contribution >= 4 is 23.2 Å². The fourth-order valence-corrected chi connectivity index (χ4v) is 0.641. The van der Waals surface area contributed by atoms with Crippen LogP contribution >= 0.6 is 23.2 Å². The Morgan fingerprint density at radius 1 is 1.50 bits per heavy atom. The number of alkyl halides is 2. The largest absolute Gasteiger partial charge is 0.124 e. The van der Waals surface area contributed by atoms with Crippen molar-refractivity contribution < 1.29 is 0 Å². The van der Waals surface area contributed by atoms with E-state index in [1.807, 2.05) is 0 Å². The molecule has 0 nitrogen and oxygen atoms in total. The molecule has 58 valence electrons. The Balaban J connectivity index is 3.29. The zero-order valence-electron chi connectivity index (χ0n) is 6.16. The number of rotatable bonds is 3. The first-order valence-electron chi connectivity index (χ1n) is 3.49. The van der Waals surface area contributed by atoms with Crippen molar-refractivity contribution in [1.82, 2.24) is 0 Å². The summed E-state index contributed by atoms with van der Waals surface area (Å²) in [4.78, 5) is 0. The van der Waals surface area contributed by atoms with Gasteiger partial charge in [0.1, 0.15) is 5.38 Å². The van der Waals surface area contributed by atoms with Gasteiger partial charge in [0.15, 0.2) is 0 Å². The molecule has 0 fully saturated rings. The summed E-state index contributed by atoms with van der Waals surface area (Å²) >= 11 is 11.1. The lowest BCUT2D eigenvalue weighted by Gasteiger charge is -1.90. The van der Waals surface area contributed by atoms with Gasteiger partial charge in [0.05, 0.1) is 0 Å². The molecule has 0 saturated heterocycles. The summed E-state index contributed by atoms with van der Waals surface area (Å²) in [6, 6.07) is 0. The van der Waals surface area contributed by atoms with E-state index in [9.17, 15) is 0 Å². The van der Waals surface area contributed by atoms with Gasteiger partial charge in [-0.15, -0.1) is 29.1 Å². The van der Waals surface area contributed by atoms with Crippen molar-refractivity contribution in [2.45, 2.75) is 31.6 Å². The van der Waals surface area contributed by atoms with Gasteiger partial charge >= 0.3 is 0 Å². The minimum absolute atomic E-state index is 0.168. The Hall–Kier alpha value is 0.140. The fraction of sp³-hybridized carbons (Fsp3) is 0.750. The number of hydrogen-bond acceptors (Lipinski definition) is 0. The van der Waals surface area contributed by atoms with Gasteiger partial charge in [0.2, 0.25) is 0 Å². The molecule has 0 saturated carbocycles. The van der Waals surface area contributed by atoms with Crippen LogP contribution in [0.5, 0.6) is 0 Å². The summed E-state index contributed by atoms with van der Waals surface area (Å²) in [6.45, 7) is 2.14. The van der Waals surface area contributed by atoms with E-state index < -0.39 is 0 Å². The Morgan fingerprint density at radius 2 is 2.20 bits per heavy atom. The summed E-state index contributed by atoms with van der Waals surface area (Å²) in [5, 5.41) is -0.168. The van der Waals surface area contributed by atoms with E-state index in [0.717, 1.165) is 12.8 Å². The number of unbranched alkanes of at least 4 members (excludes halogenated alkanes) is 2. The zero-order chi connectivity index (χ0) is 7.82. The monoisotopic (exact) mass is 178 g/mol. The van der Waals surface area contributed by atoms with Gasteiger partial charge in [-0.05, 0) is 6.42 Å². The highest BCUT2D eigenvalue weighted by molar-refractivity contribution is 6.29. The molecule has 0 aromatic heterocycles. The van der Waals surface area contributed by atoms with E-state index in [1.165, 1.54) is 6.42 Å². The van der Waals surface area contributed by atoms with Crippen LogP contribution < -0.4 is 0 Å². The SMILES string of the molecule is CCCCC#CC(Cl)CCl. The van der Waals surface area contributed by atoms with Crippen LogP contribution in [0.4, 0.5) is 0 Å². The first kappa shape index (κ1) is 10.1. The molecule has 0 amide bonds. The molecule has 1 unspecified atom stereocenters. The molecule has 2 heteroatoms. The lowest BCUT2D eigenvalue weighted by Crippen LogP contribution is -1.93. The van der Waals surface area contributed by atoms with Crippen LogP contribution in [0.15, 0.2) is 0 Å². The van der Waals surface area contributed by atoms with Gasteiger partial charge in [-0.1, -0.05) is 19.3 Å². The lowest BCUT2D eigenvalue weighted by molar-refractivity contribution is 0.827. The molecule has 1 atom stereocenters. The smallest absolute Gasteiger partial charge is 0.108 e. The van der Waals surface area contributed by atoms with Gasteiger partial charge < -0.3 is 0 Å². The quantitative estimate of drug-likeness (QED) is 0.355. The highest BCUT2D eigenvalue weighted by Gasteiger charge is 1.92. The standard InChI is InChI=1S/C8H12Cl2/c1-2-3-4-5-6-8(10)7-9/h8H,2-4,7H2,1H3. The predicted octanol–water partition coefficient (Wildman–Crippen LogP) is 3.03. The third kappa shape index (κ3) is 6.26. The lowest BCUT2D eigenvalue weighted by atomic mass is 10.2. The number of hydrogen-bond donors (Lipinski definition) is 0. The van der Waals surface area contributed by atoms with E-state index in [0.29, 0.717) is 5.88 Å². The van der Waals surface area contributed by atoms with Gasteiger partial charge in [0.25, 0.3) is 0 Å². The van der Waals surface area contributed by atoms with Crippen LogP contribution in [0.25, 0.3) is 0 Å². The Bertz CT molecular complexity index is 121. The minimum atomic E-state index is -0.168. The van der Waals surface area contributed by atoms with Crippen molar-refractivity contribution in [1.29, 1.82) is 0 Å². The molecule has 0 aliphatic heterocycles. The van der Waals surface area contributed by atoms with E-state index in [-0.39, 0.29) is 5.38 Å². The second kappa shape index (κ2) is 7.25. The van der Waals surface area contributed by atoms with Crippen molar-refractivity contribution in [3.05, 3.63) is 0 Å².